The van der Waals surface area contributed by atoms with E-state index in [1.165, 1.54) is 5.56 Å². The van der Waals surface area contributed by atoms with E-state index in [0.29, 0.717) is 0 Å². The summed E-state index contributed by atoms with van der Waals surface area (Å²) in [5.41, 5.74) is 9.70. The Hall–Kier alpha value is -2.29. The van der Waals surface area contributed by atoms with Gasteiger partial charge in [-0.3, -0.25) is 0 Å². The highest BCUT2D eigenvalue weighted by molar-refractivity contribution is 5.73. The molecule has 19 heavy (non-hydrogen) atoms. The first-order chi connectivity index (χ1) is 9.08. The van der Waals surface area contributed by atoms with Gasteiger partial charge in [-0.15, -0.1) is 0 Å². The number of nitrogens with one attached hydrogen (secondary N) is 1. The quantitative estimate of drug-likeness (QED) is 0.869. The average molecular weight is 254 g/mol. The van der Waals surface area contributed by atoms with Crippen molar-refractivity contribution in [3.8, 4) is 0 Å². The van der Waals surface area contributed by atoms with Crippen LogP contribution in [0.15, 0.2) is 48.5 Å². The van der Waals surface area contributed by atoms with E-state index in [1.54, 1.807) is 0 Å². The topological polar surface area (TPSA) is 55.1 Å². The number of amides is 2. The molecule has 98 valence electrons. The van der Waals surface area contributed by atoms with Gasteiger partial charge in [-0.05, 0) is 30.5 Å². The van der Waals surface area contributed by atoms with E-state index in [1.807, 2.05) is 62.4 Å². The summed E-state index contributed by atoms with van der Waals surface area (Å²) in [6, 6.07) is 15.3. The van der Waals surface area contributed by atoms with Crippen LogP contribution in [0.25, 0.3) is 0 Å². The third-order valence-corrected chi connectivity index (χ3v) is 3.20. The molecule has 2 aromatic rings. The van der Waals surface area contributed by atoms with E-state index in [-0.39, 0.29) is 6.04 Å². The van der Waals surface area contributed by atoms with Gasteiger partial charge in [-0.25, -0.2) is 4.79 Å². The molecule has 0 aromatic heterocycles. The molecule has 0 heterocycles. The lowest BCUT2D eigenvalue weighted by Gasteiger charge is -2.20. The Labute approximate surface area is 113 Å². The summed E-state index contributed by atoms with van der Waals surface area (Å²) in [4.78, 5) is 11.2. The molecule has 0 spiro atoms. The van der Waals surface area contributed by atoms with Gasteiger partial charge in [0.1, 0.15) is 0 Å². The third kappa shape index (κ3) is 3.13. The monoisotopic (exact) mass is 254 g/mol. The number of benzene rings is 2. The lowest BCUT2D eigenvalue weighted by Crippen LogP contribution is -2.34. The SMILES string of the molecule is Cc1ccc([C@@H](NC(N)=O)c2ccccc2C)cc1. The zero-order valence-electron chi connectivity index (χ0n) is 11.2. The lowest BCUT2D eigenvalue weighted by atomic mass is 9.94. The molecule has 0 saturated carbocycles. The van der Waals surface area contributed by atoms with Crippen LogP contribution in [0.1, 0.15) is 28.3 Å². The summed E-state index contributed by atoms with van der Waals surface area (Å²) in [5.74, 6) is 0. The van der Waals surface area contributed by atoms with E-state index >= 15 is 0 Å². The van der Waals surface area contributed by atoms with Crippen LogP contribution < -0.4 is 11.1 Å². The second kappa shape index (κ2) is 5.57. The number of carbonyl (C=O) groups excluding carboxylic acids is 1. The van der Waals surface area contributed by atoms with Crippen LogP contribution in [-0.4, -0.2) is 6.03 Å². The minimum absolute atomic E-state index is 0.209. The molecular weight excluding hydrogens is 236 g/mol. The number of primary amides is 1. The smallest absolute Gasteiger partial charge is 0.312 e. The molecule has 0 aliphatic carbocycles. The summed E-state index contributed by atoms with van der Waals surface area (Å²) in [6.07, 6.45) is 0. The average Bonchev–Trinajstić information content (AvgIpc) is 2.38. The number of hydrogen-bond acceptors (Lipinski definition) is 1. The molecule has 0 aliphatic rings. The first-order valence-corrected chi connectivity index (χ1v) is 6.26. The number of urea groups is 1. The molecule has 3 nitrogen and oxygen atoms in total. The van der Waals surface area contributed by atoms with Crippen molar-refractivity contribution in [2.24, 2.45) is 5.73 Å². The number of hydrogen-bond donors (Lipinski definition) is 2. The number of nitrogens with two attached hydrogens (primary N) is 1. The standard InChI is InChI=1S/C16H18N2O/c1-11-7-9-13(10-8-11)15(18-16(17)19)14-6-4-3-5-12(14)2/h3-10,15H,1-2H3,(H3,17,18,19)/t15-/m1/s1. The summed E-state index contributed by atoms with van der Waals surface area (Å²) in [7, 11) is 0. The van der Waals surface area contributed by atoms with E-state index in [9.17, 15) is 4.79 Å². The van der Waals surface area contributed by atoms with Crippen molar-refractivity contribution in [3.63, 3.8) is 0 Å². The largest absolute Gasteiger partial charge is 0.352 e. The molecule has 2 rings (SSSR count). The van der Waals surface area contributed by atoms with Crippen molar-refractivity contribution in [1.29, 1.82) is 0 Å². The Kier molecular flexibility index (Phi) is 3.85. The fourth-order valence-electron chi connectivity index (χ4n) is 2.15. The van der Waals surface area contributed by atoms with Gasteiger partial charge in [0, 0.05) is 0 Å². The van der Waals surface area contributed by atoms with E-state index < -0.39 is 6.03 Å². The molecule has 0 unspecified atom stereocenters. The summed E-state index contributed by atoms with van der Waals surface area (Å²) >= 11 is 0. The molecule has 2 aromatic carbocycles. The van der Waals surface area contributed by atoms with Gasteiger partial charge in [0.05, 0.1) is 6.04 Å². The molecule has 0 aliphatic heterocycles. The fraction of sp³-hybridized carbons (Fsp3) is 0.188. The van der Waals surface area contributed by atoms with Gasteiger partial charge >= 0.3 is 6.03 Å². The molecule has 3 N–H and O–H groups in total. The zero-order chi connectivity index (χ0) is 13.8. The van der Waals surface area contributed by atoms with Crippen LogP contribution in [0.2, 0.25) is 0 Å². The Morgan fingerprint density at radius 2 is 1.68 bits per heavy atom. The van der Waals surface area contributed by atoms with Crippen molar-refractivity contribution < 1.29 is 4.79 Å². The Balaban J connectivity index is 2.44. The molecule has 0 saturated heterocycles. The molecule has 2 amide bonds. The highest BCUT2D eigenvalue weighted by Crippen LogP contribution is 2.24. The lowest BCUT2D eigenvalue weighted by molar-refractivity contribution is 0.247. The molecule has 0 bridgehead atoms. The molecule has 0 fully saturated rings. The third-order valence-electron chi connectivity index (χ3n) is 3.20. The van der Waals surface area contributed by atoms with Crippen LogP contribution >= 0.6 is 0 Å². The second-order valence-corrected chi connectivity index (χ2v) is 4.71. The van der Waals surface area contributed by atoms with Gasteiger partial charge in [-0.1, -0.05) is 54.1 Å². The van der Waals surface area contributed by atoms with Gasteiger partial charge in [0.2, 0.25) is 0 Å². The van der Waals surface area contributed by atoms with Crippen molar-refractivity contribution in [2.75, 3.05) is 0 Å². The van der Waals surface area contributed by atoms with Crippen LogP contribution in [0.3, 0.4) is 0 Å². The minimum Gasteiger partial charge on any atom is -0.352 e. The van der Waals surface area contributed by atoms with Crippen LogP contribution in [0, 0.1) is 13.8 Å². The van der Waals surface area contributed by atoms with Gasteiger partial charge < -0.3 is 11.1 Å². The first-order valence-electron chi connectivity index (χ1n) is 6.26. The van der Waals surface area contributed by atoms with Crippen molar-refractivity contribution >= 4 is 6.03 Å². The summed E-state index contributed by atoms with van der Waals surface area (Å²) < 4.78 is 0. The predicted molar refractivity (Wildman–Crippen MR) is 76.9 cm³/mol. The van der Waals surface area contributed by atoms with E-state index in [0.717, 1.165) is 16.7 Å². The number of rotatable bonds is 3. The minimum atomic E-state index is -0.520. The van der Waals surface area contributed by atoms with Crippen LogP contribution in [0.5, 0.6) is 0 Å². The number of aryl methyl sites for hydroxylation is 2. The highest BCUT2D eigenvalue weighted by atomic mass is 16.2. The van der Waals surface area contributed by atoms with E-state index in [2.05, 4.69) is 5.32 Å². The Morgan fingerprint density at radius 1 is 1.05 bits per heavy atom. The molecular formula is C16H18N2O. The number of carbonyl (C=O) groups is 1. The Morgan fingerprint density at radius 3 is 2.26 bits per heavy atom. The Bertz CT molecular complexity index is 576. The van der Waals surface area contributed by atoms with Gasteiger partial charge in [-0.2, -0.15) is 0 Å². The van der Waals surface area contributed by atoms with Gasteiger partial charge in [0.25, 0.3) is 0 Å². The van der Waals surface area contributed by atoms with Crippen molar-refractivity contribution in [2.45, 2.75) is 19.9 Å². The maximum Gasteiger partial charge on any atom is 0.312 e. The van der Waals surface area contributed by atoms with Crippen LogP contribution in [-0.2, 0) is 0 Å². The second-order valence-electron chi connectivity index (χ2n) is 4.71. The first kappa shape index (κ1) is 13.1. The summed E-state index contributed by atoms with van der Waals surface area (Å²) in [6.45, 7) is 4.06. The van der Waals surface area contributed by atoms with Crippen molar-refractivity contribution in [3.05, 3.63) is 70.8 Å². The van der Waals surface area contributed by atoms with Crippen molar-refractivity contribution in [1.82, 2.24) is 5.32 Å². The maximum atomic E-state index is 11.2. The summed E-state index contributed by atoms with van der Waals surface area (Å²) in [5, 5.41) is 2.81. The fourth-order valence-corrected chi connectivity index (χ4v) is 2.15. The molecule has 1 atom stereocenters. The molecule has 0 radical (unpaired) electrons. The normalized spacial score (nSPS) is 11.9. The predicted octanol–water partition coefficient (Wildman–Crippen LogP) is 3.06. The van der Waals surface area contributed by atoms with Crippen LogP contribution in [0.4, 0.5) is 4.79 Å². The van der Waals surface area contributed by atoms with Gasteiger partial charge in [0.15, 0.2) is 0 Å². The maximum absolute atomic E-state index is 11.2. The zero-order valence-corrected chi connectivity index (χ0v) is 11.2. The van der Waals surface area contributed by atoms with E-state index in [4.69, 9.17) is 5.73 Å². The molecule has 3 heteroatoms. The highest BCUT2D eigenvalue weighted by Gasteiger charge is 2.16.